The van der Waals surface area contributed by atoms with Crippen molar-refractivity contribution in [2.75, 3.05) is 39.4 Å². The summed E-state index contributed by atoms with van der Waals surface area (Å²) in [6, 6.07) is 0.711. The van der Waals surface area contributed by atoms with Crippen molar-refractivity contribution in [3.63, 3.8) is 0 Å². The van der Waals surface area contributed by atoms with Gasteiger partial charge in [0.25, 0.3) is 0 Å². The molecule has 0 radical (unpaired) electrons. The fourth-order valence-electron chi connectivity index (χ4n) is 2.63. The zero-order chi connectivity index (χ0) is 11.6. The van der Waals surface area contributed by atoms with Crippen LogP contribution in [0.1, 0.15) is 27.2 Å². The second kappa shape index (κ2) is 5.03. The van der Waals surface area contributed by atoms with E-state index >= 15 is 0 Å². The van der Waals surface area contributed by atoms with Crippen molar-refractivity contribution in [3.05, 3.63) is 0 Å². The standard InChI is InChI=1S/C13H26N2O/c1-11(2)15-5-4-12(7-15)6-14-8-13(3)9-16-10-13/h11-12,14H,4-10H2,1-3H3. The molecule has 16 heavy (non-hydrogen) atoms. The third-order valence-corrected chi connectivity index (χ3v) is 3.93. The third-order valence-electron chi connectivity index (χ3n) is 3.93. The van der Waals surface area contributed by atoms with Crippen LogP contribution in [0.25, 0.3) is 0 Å². The van der Waals surface area contributed by atoms with E-state index in [4.69, 9.17) is 4.74 Å². The Morgan fingerprint density at radius 1 is 1.44 bits per heavy atom. The molecule has 2 heterocycles. The lowest BCUT2D eigenvalue weighted by atomic mass is 9.88. The van der Waals surface area contributed by atoms with Crippen LogP contribution in [0.4, 0.5) is 0 Å². The van der Waals surface area contributed by atoms with Crippen LogP contribution < -0.4 is 5.32 Å². The first kappa shape index (κ1) is 12.3. The van der Waals surface area contributed by atoms with Crippen molar-refractivity contribution in [3.8, 4) is 0 Å². The van der Waals surface area contributed by atoms with Crippen LogP contribution in [-0.2, 0) is 4.74 Å². The molecule has 0 spiro atoms. The lowest BCUT2D eigenvalue weighted by molar-refractivity contribution is -0.0991. The summed E-state index contributed by atoms with van der Waals surface area (Å²) in [6.07, 6.45) is 1.36. The van der Waals surface area contributed by atoms with Crippen molar-refractivity contribution < 1.29 is 4.74 Å². The number of ether oxygens (including phenoxy) is 1. The minimum Gasteiger partial charge on any atom is -0.380 e. The Morgan fingerprint density at radius 2 is 2.19 bits per heavy atom. The number of likely N-dealkylation sites (tertiary alicyclic amines) is 1. The average Bonchev–Trinajstić information content (AvgIpc) is 2.64. The minimum atomic E-state index is 0.413. The summed E-state index contributed by atoms with van der Waals surface area (Å²) >= 11 is 0. The van der Waals surface area contributed by atoms with E-state index in [1.165, 1.54) is 26.1 Å². The molecule has 0 aromatic heterocycles. The normalized spacial score (nSPS) is 29.6. The average molecular weight is 226 g/mol. The first-order valence-corrected chi connectivity index (χ1v) is 6.62. The van der Waals surface area contributed by atoms with Gasteiger partial charge in [0.1, 0.15) is 0 Å². The van der Waals surface area contributed by atoms with Crippen molar-refractivity contribution in [1.82, 2.24) is 10.2 Å². The Morgan fingerprint density at radius 3 is 2.69 bits per heavy atom. The molecule has 0 aromatic carbocycles. The Labute approximate surface area is 99.5 Å². The summed E-state index contributed by atoms with van der Waals surface area (Å²) in [5.74, 6) is 0.854. The number of nitrogens with zero attached hydrogens (tertiary/aromatic N) is 1. The van der Waals surface area contributed by atoms with Crippen molar-refractivity contribution in [2.24, 2.45) is 11.3 Å². The van der Waals surface area contributed by atoms with Crippen LogP contribution in [0.3, 0.4) is 0 Å². The van der Waals surface area contributed by atoms with E-state index in [1.807, 2.05) is 0 Å². The van der Waals surface area contributed by atoms with Gasteiger partial charge in [0.15, 0.2) is 0 Å². The molecule has 0 bridgehead atoms. The van der Waals surface area contributed by atoms with Crippen LogP contribution in [0.2, 0.25) is 0 Å². The van der Waals surface area contributed by atoms with Gasteiger partial charge < -0.3 is 15.0 Å². The monoisotopic (exact) mass is 226 g/mol. The van der Waals surface area contributed by atoms with E-state index in [2.05, 4.69) is 31.0 Å². The molecule has 0 saturated carbocycles. The summed E-state index contributed by atoms with van der Waals surface area (Å²) in [6.45, 7) is 13.6. The first-order valence-electron chi connectivity index (χ1n) is 6.62. The SMILES string of the molecule is CC(C)N1CCC(CNCC2(C)COC2)C1. The van der Waals surface area contributed by atoms with Gasteiger partial charge in [-0.05, 0) is 39.3 Å². The molecule has 94 valence electrons. The molecule has 1 unspecified atom stereocenters. The first-order chi connectivity index (χ1) is 7.59. The van der Waals surface area contributed by atoms with Gasteiger partial charge in [0.05, 0.1) is 13.2 Å². The summed E-state index contributed by atoms with van der Waals surface area (Å²) < 4.78 is 5.26. The molecule has 2 rings (SSSR count). The smallest absolute Gasteiger partial charge is 0.0554 e. The Hall–Kier alpha value is -0.120. The minimum absolute atomic E-state index is 0.413. The van der Waals surface area contributed by atoms with Crippen LogP contribution >= 0.6 is 0 Å². The molecule has 0 amide bonds. The zero-order valence-corrected chi connectivity index (χ0v) is 11.0. The lowest BCUT2D eigenvalue weighted by Gasteiger charge is -2.38. The lowest BCUT2D eigenvalue weighted by Crippen LogP contribution is -2.48. The van der Waals surface area contributed by atoms with Crippen LogP contribution in [0.5, 0.6) is 0 Å². The van der Waals surface area contributed by atoms with Gasteiger partial charge >= 0.3 is 0 Å². The highest BCUT2D eigenvalue weighted by atomic mass is 16.5. The zero-order valence-electron chi connectivity index (χ0n) is 11.0. The molecule has 2 aliphatic heterocycles. The summed E-state index contributed by atoms with van der Waals surface area (Å²) in [7, 11) is 0. The van der Waals surface area contributed by atoms with E-state index in [0.29, 0.717) is 11.5 Å². The highest BCUT2D eigenvalue weighted by molar-refractivity contribution is 4.85. The predicted molar refractivity (Wildman–Crippen MR) is 66.6 cm³/mol. The van der Waals surface area contributed by atoms with E-state index in [-0.39, 0.29) is 0 Å². The molecule has 2 fully saturated rings. The summed E-state index contributed by atoms with van der Waals surface area (Å²) in [5, 5.41) is 3.62. The van der Waals surface area contributed by atoms with Gasteiger partial charge in [-0.3, -0.25) is 0 Å². The van der Waals surface area contributed by atoms with Crippen molar-refractivity contribution in [1.29, 1.82) is 0 Å². The molecule has 3 nitrogen and oxygen atoms in total. The van der Waals surface area contributed by atoms with Crippen LogP contribution in [0, 0.1) is 11.3 Å². The molecule has 2 saturated heterocycles. The Kier molecular flexibility index (Phi) is 3.88. The third kappa shape index (κ3) is 2.96. The number of hydrogen-bond donors (Lipinski definition) is 1. The molecule has 0 aliphatic carbocycles. The van der Waals surface area contributed by atoms with E-state index in [1.54, 1.807) is 0 Å². The molecule has 0 aromatic rings. The van der Waals surface area contributed by atoms with Gasteiger partial charge in [0, 0.05) is 24.5 Å². The van der Waals surface area contributed by atoms with Gasteiger partial charge in [0.2, 0.25) is 0 Å². The van der Waals surface area contributed by atoms with Crippen LogP contribution in [0.15, 0.2) is 0 Å². The van der Waals surface area contributed by atoms with E-state index < -0.39 is 0 Å². The van der Waals surface area contributed by atoms with Crippen LogP contribution in [-0.4, -0.2) is 50.3 Å². The topological polar surface area (TPSA) is 24.5 Å². The fourth-order valence-corrected chi connectivity index (χ4v) is 2.63. The molecule has 1 atom stereocenters. The van der Waals surface area contributed by atoms with Gasteiger partial charge in [-0.1, -0.05) is 6.92 Å². The van der Waals surface area contributed by atoms with Gasteiger partial charge in [-0.25, -0.2) is 0 Å². The fraction of sp³-hybridized carbons (Fsp3) is 1.00. The highest BCUT2D eigenvalue weighted by Gasteiger charge is 2.33. The maximum absolute atomic E-state index is 5.26. The number of hydrogen-bond acceptors (Lipinski definition) is 3. The molecular formula is C13H26N2O. The molecule has 1 N–H and O–H groups in total. The summed E-state index contributed by atoms with van der Waals surface area (Å²) in [4.78, 5) is 2.58. The Bertz CT molecular complexity index is 226. The summed E-state index contributed by atoms with van der Waals surface area (Å²) in [5.41, 5.74) is 0.413. The van der Waals surface area contributed by atoms with Crippen molar-refractivity contribution >= 4 is 0 Å². The highest BCUT2D eigenvalue weighted by Crippen LogP contribution is 2.25. The van der Waals surface area contributed by atoms with Gasteiger partial charge in [-0.15, -0.1) is 0 Å². The quantitative estimate of drug-likeness (QED) is 0.766. The number of rotatable bonds is 5. The van der Waals surface area contributed by atoms with E-state index in [9.17, 15) is 0 Å². The molecule has 2 aliphatic rings. The second-order valence-corrected chi connectivity index (χ2v) is 6.18. The molecular weight excluding hydrogens is 200 g/mol. The largest absolute Gasteiger partial charge is 0.380 e. The maximum Gasteiger partial charge on any atom is 0.0554 e. The number of nitrogens with one attached hydrogen (secondary N) is 1. The van der Waals surface area contributed by atoms with E-state index in [0.717, 1.165) is 25.7 Å². The molecule has 3 heteroatoms. The van der Waals surface area contributed by atoms with Gasteiger partial charge in [-0.2, -0.15) is 0 Å². The predicted octanol–water partition coefficient (Wildman–Crippen LogP) is 1.34. The van der Waals surface area contributed by atoms with Crippen molar-refractivity contribution in [2.45, 2.75) is 33.2 Å². The second-order valence-electron chi connectivity index (χ2n) is 6.18. The maximum atomic E-state index is 5.26. The Balaban J connectivity index is 1.60.